The Morgan fingerprint density at radius 1 is 1.28 bits per heavy atom. The normalized spacial score (nSPS) is 19.4. The van der Waals surface area contributed by atoms with Crippen LogP contribution in [-0.2, 0) is 15.0 Å². The van der Waals surface area contributed by atoms with Crippen molar-refractivity contribution in [1.29, 1.82) is 0 Å². The summed E-state index contributed by atoms with van der Waals surface area (Å²) in [6, 6.07) is 11.2. The number of piperidine rings is 1. The number of hydrogen-bond acceptors (Lipinski definition) is 5. The molecule has 1 atom stereocenters. The molecule has 1 fully saturated rings. The summed E-state index contributed by atoms with van der Waals surface area (Å²) in [6.07, 6.45) is 3.23. The number of benzene rings is 1. The van der Waals surface area contributed by atoms with E-state index in [1.165, 1.54) is 0 Å². The van der Waals surface area contributed by atoms with Gasteiger partial charge in [-0.05, 0) is 50.1 Å². The summed E-state index contributed by atoms with van der Waals surface area (Å²) in [4.78, 5) is 32.0. The summed E-state index contributed by atoms with van der Waals surface area (Å²) in [5, 5.41) is 5.75. The van der Waals surface area contributed by atoms with Crippen LogP contribution in [0.15, 0.2) is 42.6 Å². The molecule has 0 radical (unpaired) electrons. The molecule has 2 aromatic rings. The third-order valence-corrected chi connectivity index (χ3v) is 5.47. The minimum absolute atomic E-state index is 0.0649. The number of rotatable bonds is 6. The topological polar surface area (TPSA) is 83.6 Å². The number of anilines is 1. The molecule has 1 aliphatic rings. The maximum absolute atomic E-state index is 12.8. The molecule has 1 aliphatic heterocycles. The molecule has 2 heterocycles. The highest BCUT2D eigenvalue weighted by Crippen LogP contribution is 2.33. The van der Waals surface area contributed by atoms with Crippen molar-refractivity contribution in [3.63, 3.8) is 0 Å². The van der Waals surface area contributed by atoms with E-state index in [2.05, 4.69) is 15.6 Å². The third kappa shape index (κ3) is 4.56. The van der Waals surface area contributed by atoms with Crippen LogP contribution >= 0.6 is 0 Å². The Hall–Kier alpha value is -2.93. The lowest BCUT2D eigenvalue weighted by Gasteiger charge is -2.40. The Morgan fingerprint density at radius 3 is 2.79 bits per heavy atom. The highest BCUT2D eigenvalue weighted by atomic mass is 16.5. The standard InChI is InChI=1S/C22H28N4O3/c1-16-8-9-17(29-3)13-18(16)25-20(27)14-26-12-6-10-22(15-26,21(28)23-2)19-7-4-5-11-24-19/h4-5,7-9,11,13H,6,10,12,14-15H2,1-3H3,(H,23,28)(H,25,27). The molecule has 7 nitrogen and oxygen atoms in total. The van der Waals surface area contributed by atoms with E-state index in [-0.39, 0.29) is 18.4 Å². The Balaban J connectivity index is 1.74. The number of aromatic nitrogens is 1. The maximum Gasteiger partial charge on any atom is 0.238 e. The van der Waals surface area contributed by atoms with Gasteiger partial charge >= 0.3 is 0 Å². The molecule has 29 heavy (non-hydrogen) atoms. The number of likely N-dealkylation sites (tertiary alicyclic amines) is 1. The molecule has 0 saturated carbocycles. The number of methoxy groups -OCH3 is 1. The van der Waals surface area contributed by atoms with Gasteiger partial charge in [0.25, 0.3) is 0 Å². The fourth-order valence-corrected chi connectivity index (χ4v) is 3.93. The first-order chi connectivity index (χ1) is 14.0. The van der Waals surface area contributed by atoms with Crippen molar-refractivity contribution in [1.82, 2.24) is 15.2 Å². The zero-order valence-corrected chi connectivity index (χ0v) is 17.2. The molecule has 1 aromatic carbocycles. The molecule has 0 aliphatic carbocycles. The van der Waals surface area contributed by atoms with E-state index in [4.69, 9.17) is 4.74 Å². The summed E-state index contributed by atoms with van der Waals surface area (Å²) in [7, 11) is 3.24. The summed E-state index contributed by atoms with van der Waals surface area (Å²) >= 11 is 0. The zero-order chi connectivity index (χ0) is 20.9. The molecule has 2 amide bonds. The number of pyridine rings is 1. The number of carbonyl (C=O) groups is 2. The van der Waals surface area contributed by atoms with Gasteiger partial charge in [-0.3, -0.25) is 19.5 Å². The lowest BCUT2D eigenvalue weighted by Crippen LogP contribution is -2.55. The van der Waals surface area contributed by atoms with Gasteiger partial charge in [-0.1, -0.05) is 12.1 Å². The summed E-state index contributed by atoms with van der Waals surface area (Å²) in [5.74, 6) is 0.512. The molecule has 3 rings (SSSR count). The van der Waals surface area contributed by atoms with Crippen molar-refractivity contribution in [3.05, 3.63) is 53.9 Å². The van der Waals surface area contributed by atoms with E-state index in [0.717, 1.165) is 29.9 Å². The van der Waals surface area contributed by atoms with Crippen LogP contribution in [0.5, 0.6) is 5.75 Å². The van der Waals surface area contributed by atoms with Crippen molar-refractivity contribution in [3.8, 4) is 5.75 Å². The second-order valence-electron chi connectivity index (χ2n) is 7.42. The fraction of sp³-hybridized carbons (Fsp3) is 0.409. The van der Waals surface area contributed by atoms with Crippen LogP contribution in [0.3, 0.4) is 0 Å². The first-order valence-corrected chi connectivity index (χ1v) is 9.79. The van der Waals surface area contributed by atoms with Crippen LogP contribution in [-0.4, -0.2) is 55.5 Å². The van der Waals surface area contributed by atoms with E-state index in [9.17, 15) is 9.59 Å². The Labute approximate surface area is 171 Å². The summed E-state index contributed by atoms with van der Waals surface area (Å²) in [5.41, 5.74) is 1.69. The summed E-state index contributed by atoms with van der Waals surface area (Å²) in [6.45, 7) is 3.36. The number of amides is 2. The number of aryl methyl sites for hydroxylation is 1. The lowest BCUT2D eigenvalue weighted by molar-refractivity contribution is -0.130. The van der Waals surface area contributed by atoms with Gasteiger partial charge in [0.1, 0.15) is 11.2 Å². The van der Waals surface area contributed by atoms with Gasteiger partial charge in [-0.2, -0.15) is 0 Å². The molecular formula is C22H28N4O3. The van der Waals surface area contributed by atoms with Gasteiger partial charge in [0.15, 0.2) is 0 Å². The van der Waals surface area contributed by atoms with Crippen molar-refractivity contribution in [2.45, 2.75) is 25.2 Å². The fourth-order valence-electron chi connectivity index (χ4n) is 3.93. The van der Waals surface area contributed by atoms with Crippen LogP contribution in [0.2, 0.25) is 0 Å². The van der Waals surface area contributed by atoms with Gasteiger partial charge in [0.2, 0.25) is 11.8 Å². The molecular weight excluding hydrogens is 368 g/mol. The van der Waals surface area contributed by atoms with Crippen LogP contribution in [0.1, 0.15) is 24.1 Å². The van der Waals surface area contributed by atoms with E-state index in [1.807, 2.05) is 48.2 Å². The monoisotopic (exact) mass is 396 g/mol. The molecule has 1 aromatic heterocycles. The van der Waals surface area contributed by atoms with E-state index >= 15 is 0 Å². The first-order valence-electron chi connectivity index (χ1n) is 9.79. The number of hydrogen-bond donors (Lipinski definition) is 2. The Bertz CT molecular complexity index is 872. The highest BCUT2D eigenvalue weighted by molar-refractivity contribution is 5.93. The lowest BCUT2D eigenvalue weighted by atomic mass is 9.75. The van der Waals surface area contributed by atoms with E-state index in [0.29, 0.717) is 18.7 Å². The average Bonchev–Trinajstić information content (AvgIpc) is 2.75. The quantitative estimate of drug-likeness (QED) is 0.781. The van der Waals surface area contributed by atoms with Crippen LogP contribution in [0.4, 0.5) is 5.69 Å². The second kappa shape index (κ2) is 9.05. The Kier molecular flexibility index (Phi) is 6.49. The van der Waals surface area contributed by atoms with Gasteiger partial charge in [-0.25, -0.2) is 0 Å². The van der Waals surface area contributed by atoms with Crippen molar-refractivity contribution < 1.29 is 14.3 Å². The van der Waals surface area contributed by atoms with Crippen molar-refractivity contribution in [2.24, 2.45) is 0 Å². The van der Waals surface area contributed by atoms with Crippen LogP contribution in [0.25, 0.3) is 0 Å². The molecule has 1 saturated heterocycles. The number of nitrogens with zero attached hydrogens (tertiary/aromatic N) is 2. The maximum atomic E-state index is 12.8. The Morgan fingerprint density at radius 2 is 2.10 bits per heavy atom. The van der Waals surface area contributed by atoms with Crippen LogP contribution in [0, 0.1) is 6.92 Å². The van der Waals surface area contributed by atoms with E-state index < -0.39 is 5.41 Å². The van der Waals surface area contributed by atoms with Gasteiger partial charge in [0.05, 0.1) is 19.3 Å². The smallest absolute Gasteiger partial charge is 0.238 e. The average molecular weight is 396 g/mol. The SMILES string of the molecule is CNC(=O)C1(c2ccccn2)CCCN(CC(=O)Nc2cc(OC)ccc2C)C1. The van der Waals surface area contributed by atoms with Crippen molar-refractivity contribution in [2.75, 3.05) is 39.1 Å². The number of nitrogens with one attached hydrogen (secondary N) is 2. The number of ether oxygens (including phenoxy) is 1. The third-order valence-electron chi connectivity index (χ3n) is 5.47. The minimum Gasteiger partial charge on any atom is -0.497 e. The second-order valence-corrected chi connectivity index (χ2v) is 7.42. The van der Waals surface area contributed by atoms with Crippen LogP contribution < -0.4 is 15.4 Å². The molecule has 2 N–H and O–H groups in total. The van der Waals surface area contributed by atoms with E-state index in [1.54, 1.807) is 20.4 Å². The van der Waals surface area contributed by atoms with Gasteiger partial charge in [-0.15, -0.1) is 0 Å². The molecule has 154 valence electrons. The zero-order valence-electron chi connectivity index (χ0n) is 17.2. The summed E-state index contributed by atoms with van der Waals surface area (Å²) < 4.78 is 5.24. The molecule has 0 spiro atoms. The largest absolute Gasteiger partial charge is 0.497 e. The number of likely N-dealkylation sites (N-methyl/N-ethyl adjacent to an activating group) is 1. The molecule has 7 heteroatoms. The minimum atomic E-state index is -0.750. The predicted octanol–water partition coefficient (Wildman–Crippen LogP) is 2.12. The van der Waals surface area contributed by atoms with Gasteiger partial charge in [0, 0.05) is 31.5 Å². The first kappa shape index (κ1) is 20.8. The predicted molar refractivity (Wildman–Crippen MR) is 112 cm³/mol. The van der Waals surface area contributed by atoms with Gasteiger partial charge < -0.3 is 15.4 Å². The molecule has 1 unspecified atom stereocenters. The number of carbonyl (C=O) groups excluding carboxylic acids is 2. The highest BCUT2D eigenvalue weighted by Gasteiger charge is 2.44. The molecule has 0 bridgehead atoms. The van der Waals surface area contributed by atoms with Crippen molar-refractivity contribution >= 4 is 17.5 Å².